The van der Waals surface area contributed by atoms with Gasteiger partial charge in [0.2, 0.25) is 0 Å². The molecule has 82 valence electrons. The Hall–Kier alpha value is -1.14. The van der Waals surface area contributed by atoms with Gasteiger partial charge in [-0.15, -0.1) is 0 Å². The number of nitrogens with zero attached hydrogens (tertiary/aromatic N) is 4. The van der Waals surface area contributed by atoms with Gasteiger partial charge in [-0.25, -0.2) is 19.9 Å². The monoisotopic (exact) mass is 250 g/mol. The summed E-state index contributed by atoms with van der Waals surface area (Å²) in [7, 11) is 2.92. The molecule has 16 heavy (non-hydrogen) atoms. The van der Waals surface area contributed by atoms with Crippen LogP contribution in [0.15, 0.2) is 35.1 Å². The maximum Gasteiger partial charge on any atom is 0.198 e. The topological polar surface area (TPSA) is 51.6 Å². The Morgan fingerprint density at radius 2 is 1.00 bits per heavy atom. The minimum atomic E-state index is 0.722. The predicted octanol–water partition coefficient (Wildman–Crippen LogP) is 2.68. The van der Waals surface area contributed by atoms with Crippen LogP contribution >= 0.6 is 21.6 Å². The zero-order valence-electron chi connectivity index (χ0n) is 8.91. The van der Waals surface area contributed by atoms with Crippen LogP contribution in [-0.2, 0) is 0 Å². The number of aryl methyl sites for hydroxylation is 2. The van der Waals surface area contributed by atoms with Crippen molar-refractivity contribution in [3.05, 3.63) is 35.9 Å². The second-order valence-corrected chi connectivity index (χ2v) is 5.32. The molecule has 2 aromatic rings. The average Bonchev–Trinajstić information content (AvgIpc) is 2.30. The molecule has 0 saturated heterocycles. The van der Waals surface area contributed by atoms with Crippen LogP contribution in [0.25, 0.3) is 0 Å². The van der Waals surface area contributed by atoms with Crippen molar-refractivity contribution in [3.63, 3.8) is 0 Å². The highest BCUT2D eigenvalue weighted by Crippen LogP contribution is 2.32. The Morgan fingerprint density at radius 1 is 0.688 bits per heavy atom. The van der Waals surface area contributed by atoms with Gasteiger partial charge in [-0.3, -0.25) is 0 Å². The van der Waals surface area contributed by atoms with Gasteiger partial charge in [0.05, 0.1) is 0 Å². The summed E-state index contributed by atoms with van der Waals surface area (Å²) < 4.78 is 0. The van der Waals surface area contributed by atoms with Gasteiger partial charge in [0.1, 0.15) is 0 Å². The van der Waals surface area contributed by atoms with Crippen LogP contribution in [0.2, 0.25) is 0 Å². The van der Waals surface area contributed by atoms with E-state index in [4.69, 9.17) is 0 Å². The van der Waals surface area contributed by atoms with Gasteiger partial charge in [-0.2, -0.15) is 0 Å². The Balaban J connectivity index is 1.97. The summed E-state index contributed by atoms with van der Waals surface area (Å²) >= 11 is 0. The number of aromatic nitrogens is 4. The Morgan fingerprint density at radius 3 is 1.31 bits per heavy atom. The molecule has 0 spiro atoms. The zero-order valence-corrected chi connectivity index (χ0v) is 10.5. The van der Waals surface area contributed by atoms with Gasteiger partial charge in [-0.05, 0) is 46.6 Å². The molecule has 6 heteroatoms. The van der Waals surface area contributed by atoms with E-state index in [0.29, 0.717) is 0 Å². The van der Waals surface area contributed by atoms with Gasteiger partial charge < -0.3 is 0 Å². The van der Waals surface area contributed by atoms with Gasteiger partial charge >= 0.3 is 0 Å². The fourth-order valence-corrected chi connectivity index (χ4v) is 2.42. The highest BCUT2D eigenvalue weighted by atomic mass is 33.1. The molecule has 2 heterocycles. The van der Waals surface area contributed by atoms with Crippen molar-refractivity contribution < 1.29 is 0 Å². The van der Waals surface area contributed by atoms with E-state index < -0.39 is 0 Å². The van der Waals surface area contributed by atoms with Crippen LogP contribution in [0.1, 0.15) is 11.1 Å². The molecule has 2 rings (SSSR count). The zero-order chi connectivity index (χ0) is 11.4. The van der Waals surface area contributed by atoms with Crippen LogP contribution in [0, 0.1) is 13.8 Å². The fourth-order valence-electron chi connectivity index (χ4n) is 0.922. The summed E-state index contributed by atoms with van der Waals surface area (Å²) in [6.45, 7) is 3.93. The molecule has 0 amide bonds. The number of hydrogen-bond donors (Lipinski definition) is 0. The van der Waals surface area contributed by atoms with Gasteiger partial charge in [0.15, 0.2) is 10.3 Å². The van der Waals surface area contributed by atoms with Crippen molar-refractivity contribution in [2.24, 2.45) is 0 Å². The summed E-state index contributed by atoms with van der Waals surface area (Å²) in [5, 5.41) is 1.44. The van der Waals surface area contributed by atoms with E-state index in [1.165, 1.54) is 21.6 Å². The molecule has 0 N–H and O–H groups in total. The van der Waals surface area contributed by atoms with Crippen molar-refractivity contribution in [3.8, 4) is 0 Å². The molecule has 0 fully saturated rings. The smallest absolute Gasteiger partial charge is 0.198 e. The summed E-state index contributed by atoms with van der Waals surface area (Å²) in [5.74, 6) is 0. The van der Waals surface area contributed by atoms with Crippen LogP contribution in [0.5, 0.6) is 0 Å². The van der Waals surface area contributed by atoms with Crippen molar-refractivity contribution in [2.75, 3.05) is 0 Å². The first kappa shape index (κ1) is 11.3. The van der Waals surface area contributed by atoms with Gasteiger partial charge in [-0.1, -0.05) is 0 Å². The summed E-state index contributed by atoms with van der Waals surface area (Å²) in [4.78, 5) is 16.7. The third-order valence-corrected chi connectivity index (χ3v) is 3.65. The second-order valence-electron chi connectivity index (χ2n) is 3.25. The SMILES string of the molecule is Cc1cnc(SSc2ncc(C)cn2)nc1. The maximum atomic E-state index is 4.19. The fraction of sp³-hybridized carbons (Fsp3) is 0.200. The molecule has 0 aromatic carbocycles. The molecule has 0 aliphatic rings. The molecule has 0 bridgehead atoms. The predicted molar refractivity (Wildman–Crippen MR) is 65.3 cm³/mol. The van der Waals surface area contributed by atoms with Crippen molar-refractivity contribution in [2.45, 2.75) is 24.2 Å². The van der Waals surface area contributed by atoms with E-state index in [1.807, 2.05) is 13.8 Å². The molecule has 0 unspecified atom stereocenters. The lowest BCUT2D eigenvalue weighted by Crippen LogP contribution is -1.87. The third-order valence-electron chi connectivity index (χ3n) is 1.71. The quantitative estimate of drug-likeness (QED) is 0.616. The van der Waals surface area contributed by atoms with E-state index in [1.54, 1.807) is 24.8 Å². The molecule has 0 aliphatic heterocycles. The highest BCUT2D eigenvalue weighted by molar-refractivity contribution is 8.76. The molecule has 0 atom stereocenters. The summed E-state index contributed by atoms with van der Waals surface area (Å²) in [6, 6.07) is 0. The molecular formula is C10H10N4S2. The molecule has 0 radical (unpaired) electrons. The second kappa shape index (κ2) is 5.27. The van der Waals surface area contributed by atoms with Gasteiger partial charge in [0.25, 0.3) is 0 Å². The standard InChI is InChI=1S/C10H10N4S2/c1-7-3-11-9(12-4-7)15-16-10-13-5-8(2)6-14-10/h3-6H,1-2H3. The number of rotatable bonds is 3. The normalized spacial score (nSPS) is 10.4. The average molecular weight is 250 g/mol. The molecule has 0 saturated carbocycles. The van der Waals surface area contributed by atoms with E-state index in [0.717, 1.165) is 21.4 Å². The maximum absolute atomic E-state index is 4.19. The first-order valence-corrected chi connectivity index (χ1v) is 6.81. The largest absolute Gasteiger partial charge is 0.230 e. The first-order chi connectivity index (χ1) is 7.74. The van der Waals surface area contributed by atoms with Crippen LogP contribution < -0.4 is 0 Å². The van der Waals surface area contributed by atoms with Crippen molar-refractivity contribution in [1.29, 1.82) is 0 Å². The lowest BCUT2D eigenvalue weighted by Gasteiger charge is -1.98. The molecule has 4 nitrogen and oxygen atoms in total. The van der Waals surface area contributed by atoms with E-state index in [2.05, 4.69) is 19.9 Å². The van der Waals surface area contributed by atoms with E-state index >= 15 is 0 Å². The van der Waals surface area contributed by atoms with Crippen molar-refractivity contribution in [1.82, 2.24) is 19.9 Å². The minimum Gasteiger partial charge on any atom is -0.230 e. The van der Waals surface area contributed by atoms with Gasteiger partial charge in [0, 0.05) is 24.8 Å². The highest BCUT2D eigenvalue weighted by Gasteiger charge is 2.01. The lowest BCUT2D eigenvalue weighted by molar-refractivity contribution is 0.949. The third kappa shape index (κ3) is 3.18. The van der Waals surface area contributed by atoms with E-state index in [9.17, 15) is 0 Å². The summed E-state index contributed by atoms with van der Waals surface area (Å²) in [6.07, 6.45) is 7.19. The van der Waals surface area contributed by atoms with Crippen LogP contribution in [0.4, 0.5) is 0 Å². The molecular weight excluding hydrogens is 240 g/mol. The van der Waals surface area contributed by atoms with Crippen LogP contribution in [0.3, 0.4) is 0 Å². The number of hydrogen-bond acceptors (Lipinski definition) is 6. The lowest BCUT2D eigenvalue weighted by atomic mass is 10.4. The Kier molecular flexibility index (Phi) is 3.74. The van der Waals surface area contributed by atoms with E-state index in [-0.39, 0.29) is 0 Å². The Labute approximate surface area is 102 Å². The minimum absolute atomic E-state index is 0.722. The molecule has 0 aliphatic carbocycles. The van der Waals surface area contributed by atoms with Crippen molar-refractivity contribution >= 4 is 21.6 Å². The van der Waals surface area contributed by atoms with Crippen LogP contribution in [-0.4, -0.2) is 19.9 Å². The first-order valence-electron chi connectivity index (χ1n) is 4.66. The Bertz CT molecular complexity index is 410. The summed E-state index contributed by atoms with van der Waals surface area (Å²) in [5.41, 5.74) is 2.11. The molecule has 2 aromatic heterocycles.